The van der Waals surface area contributed by atoms with E-state index in [-0.39, 0.29) is 5.82 Å². The first-order valence-electron chi connectivity index (χ1n) is 18.3. The molecule has 0 unspecified atom stereocenters. The van der Waals surface area contributed by atoms with E-state index in [1.165, 1.54) is 36.8 Å². The Morgan fingerprint density at radius 1 is 0.724 bits per heavy atom. The molecule has 0 aliphatic heterocycles. The highest BCUT2D eigenvalue weighted by molar-refractivity contribution is 6.30. The van der Waals surface area contributed by atoms with E-state index in [9.17, 15) is 14.0 Å². The fourth-order valence-electron chi connectivity index (χ4n) is 6.21. The number of benzene rings is 4. The number of halogens is 3. The molecule has 0 saturated carbocycles. The van der Waals surface area contributed by atoms with Crippen LogP contribution < -0.4 is 16.0 Å². The van der Waals surface area contributed by atoms with E-state index in [0.717, 1.165) is 53.0 Å². The van der Waals surface area contributed by atoms with Gasteiger partial charge in [-0.25, -0.2) is 33.7 Å². The lowest BCUT2D eigenvalue weighted by Gasteiger charge is -2.14. The monoisotopic (exact) mass is 790 g/mol. The predicted octanol–water partition coefficient (Wildman–Crippen LogP) is 10.6. The second-order valence-corrected chi connectivity index (χ2v) is 13.8. The number of anilines is 5. The number of hydrogen-bond donors (Lipinski definition) is 3. The van der Waals surface area contributed by atoms with Crippen LogP contribution in [-0.4, -0.2) is 57.0 Å². The van der Waals surface area contributed by atoms with Crippen LogP contribution in [0.2, 0.25) is 5.02 Å². The van der Waals surface area contributed by atoms with Crippen LogP contribution in [0.4, 0.5) is 37.5 Å². The molecule has 0 radical (unpaired) electrons. The molecule has 58 heavy (non-hydrogen) atoms. The van der Waals surface area contributed by atoms with Gasteiger partial charge in [-0.1, -0.05) is 60.1 Å². The average Bonchev–Trinajstić information content (AvgIpc) is 3.24. The molecule has 3 N–H and O–H groups in total. The maximum atomic E-state index is 14.4. The highest BCUT2D eigenvalue weighted by atomic mass is 35.5. The van der Waals surface area contributed by atoms with Crippen molar-refractivity contribution in [1.82, 2.24) is 29.8 Å². The zero-order chi connectivity index (χ0) is 40.4. The van der Waals surface area contributed by atoms with Crippen molar-refractivity contribution >= 4 is 62.1 Å². The van der Waals surface area contributed by atoms with Crippen molar-refractivity contribution in [2.45, 2.75) is 6.42 Å². The van der Waals surface area contributed by atoms with E-state index in [1.54, 1.807) is 24.4 Å². The number of nitrogens with one attached hydrogen (secondary N) is 3. The van der Waals surface area contributed by atoms with Gasteiger partial charge in [-0.15, -0.1) is 0 Å². The van der Waals surface area contributed by atoms with Crippen molar-refractivity contribution in [3.05, 3.63) is 156 Å². The van der Waals surface area contributed by atoms with Crippen molar-refractivity contribution in [2.24, 2.45) is 0 Å². The topological polar surface area (TPSA) is 128 Å². The molecule has 4 heterocycles. The number of aromatic nitrogens is 5. The molecule has 8 rings (SSSR count). The molecule has 4 aromatic heterocycles. The fourth-order valence-corrected chi connectivity index (χ4v) is 6.38. The van der Waals surface area contributed by atoms with Gasteiger partial charge in [0.05, 0.1) is 40.0 Å². The van der Waals surface area contributed by atoms with Gasteiger partial charge in [0.1, 0.15) is 35.4 Å². The lowest BCUT2D eigenvalue weighted by Crippen LogP contribution is -2.16. The number of fused-ring (bicyclic) bond motifs is 2. The average molecular weight is 791 g/mol. The minimum atomic E-state index is -0.423. The third-order valence-corrected chi connectivity index (χ3v) is 9.23. The summed E-state index contributed by atoms with van der Waals surface area (Å²) in [6.07, 6.45) is 5.59. The Morgan fingerprint density at radius 3 is 2.09 bits per heavy atom. The predicted molar refractivity (Wildman–Crippen MR) is 228 cm³/mol. The van der Waals surface area contributed by atoms with E-state index >= 15 is 0 Å². The van der Waals surface area contributed by atoms with Crippen molar-refractivity contribution < 1.29 is 8.78 Å². The van der Waals surface area contributed by atoms with Gasteiger partial charge in [0, 0.05) is 51.4 Å². The summed E-state index contributed by atoms with van der Waals surface area (Å²) < 4.78 is 28.8. The number of nitrogens with zero attached hydrogens (tertiary/aromatic N) is 7. The van der Waals surface area contributed by atoms with E-state index in [1.807, 2.05) is 78.9 Å². The third kappa shape index (κ3) is 9.47. The van der Waals surface area contributed by atoms with Crippen molar-refractivity contribution in [2.75, 3.05) is 43.1 Å². The fraction of sp³-hybridized carbons (Fsp3) is 0.111. The molecule has 0 fully saturated rings. The van der Waals surface area contributed by atoms with Gasteiger partial charge >= 0.3 is 0 Å². The van der Waals surface area contributed by atoms with Gasteiger partial charge in [-0.05, 0) is 87.7 Å². The summed E-state index contributed by atoms with van der Waals surface area (Å²) in [6.45, 7) is 1.87. The molecule has 0 saturated heterocycles. The molecule has 0 bridgehead atoms. The zero-order valence-corrected chi connectivity index (χ0v) is 32.3. The van der Waals surface area contributed by atoms with E-state index in [4.69, 9.17) is 11.6 Å². The molecular formula is C45H37ClF2N10. The van der Waals surface area contributed by atoms with Gasteiger partial charge in [0.2, 0.25) is 0 Å². The van der Waals surface area contributed by atoms with Gasteiger partial charge < -0.3 is 20.9 Å². The Hall–Kier alpha value is -7.07. The first kappa shape index (κ1) is 39.2. The minimum Gasteiger partial charge on any atom is -0.370 e. The van der Waals surface area contributed by atoms with Crippen molar-refractivity contribution in [1.29, 1.82) is 5.26 Å². The van der Waals surface area contributed by atoms with E-state index < -0.39 is 5.82 Å². The molecule has 13 heteroatoms. The first-order chi connectivity index (χ1) is 28.2. The van der Waals surface area contributed by atoms with Crippen LogP contribution in [-0.2, 0) is 0 Å². The summed E-state index contributed by atoms with van der Waals surface area (Å²) >= 11 is 6.03. The smallest absolute Gasteiger partial charge is 0.151 e. The van der Waals surface area contributed by atoms with Crippen LogP contribution in [0.5, 0.6) is 0 Å². The largest absolute Gasteiger partial charge is 0.370 e. The van der Waals surface area contributed by atoms with Crippen LogP contribution in [0.1, 0.15) is 12.0 Å². The van der Waals surface area contributed by atoms with E-state index in [0.29, 0.717) is 50.1 Å². The summed E-state index contributed by atoms with van der Waals surface area (Å²) in [4.78, 5) is 23.8. The second-order valence-electron chi connectivity index (χ2n) is 13.4. The molecule has 0 aliphatic carbocycles. The van der Waals surface area contributed by atoms with E-state index in [2.05, 4.69) is 59.9 Å². The third-order valence-electron chi connectivity index (χ3n) is 9.00. The second kappa shape index (κ2) is 18.3. The number of pyridine rings is 3. The highest BCUT2D eigenvalue weighted by Crippen LogP contribution is 2.34. The number of nitriles is 1. The van der Waals surface area contributed by atoms with Crippen molar-refractivity contribution in [3.8, 4) is 28.6 Å². The molecule has 0 atom stereocenters. The van der Waals surface area contributed by atoms with Crippen LogP contribution in [0.25, 0.3) is 44.3 Å². The highest BCUT2D eigenvalue weighted by Gasteiger charge is 2.14. The zero-order valence-electron chi connectivity index (χ0n) is 31.6. The van der Waals surface area contributed by atoms with Crippen LogP contribution >= 0.6 is 11.6 Å². The van der Waals surface area contributed by atoms with Gasteiger partial charge in [-0.3, -0.25) is 0 Å². The van der Waals surface area contributed by atoms with Crippen LogP contribution in [0, 0.1) is 23.0 Å². The Morgan fingerprint density at radius 2 is 1.38 bits per heavy atom. The van der Waals surface area contributed by atoms with Crippen LogP contribution in [0.3, 0.4) is 0 Å². The Kier molecular flexibility index (Phi) is 12.3. The summed E-state index contributed by atoms with van der Waals surface area (Å²) in [5.74, 6) is 0.468. The normalized spacial score (nSPS) is 10.8. The standard InChI is InChI=1S/C25H26FN5.C20H11ClFN5/c1-31(2)15-7-13-27-25-16-18(12-14-28-25)29-24-17-23(19-8-3-5-10-21(19)26)30-22-11-6-4-9-20(22)24;21-13-5-6-16(22)15(7-13)19-8-18(14-3-1-2-4-17(14)26-19)27-20-12(9-23)10-24-11-25-20/h3-6,8-12,14,16-17H,7,13,15H2,1-2H3,(H2,27,28,29,30);1-8,10-11H,(H,24,25,26,27). The molecule has 8 aromatic rings. The summed E-state index contributed by atoms with van der Waals surface area (Å²) in [5.41, 5.74) is 5.98. The van der Waals surface area contributed by atoms with Gasteiger partial charge in [0.25, 0.3) is 0 Å². The molecule has 4 aromatic carbocycles. The summed E-state index contributed by atoms with van der Waals surface area (Å²) in [5, 5.41) is 21.4. The SMILES string of the molecule is CN(C)CCCNc1cc(Nc2cc(-c3ccccc3F)nc3ccccc23)ccn1.N#Cc1cncnc1Nc1cc(-c2cc(Cl)ccc2F)nc2ccccc12. The number of para-hydroxylation sites is 2. The van der Waals surface area contributed by atoms with Crippen LogP contribution in [0.15, 0.2) is 134 Å². The maximum Gasteiger partial charge on any atom is 0.151 e. The molecule has 0 amide bonds. The summed E-state index contributed by atoms with van der Waals surface area (Å²) in [7, 11) is 4.13. The van der Waals surface area contributed by atoms with Gasteiger partial charge in [0.15, 0.2) is 5.82 Å². The molecule has 10 nitrogen and oxygen atoms in total. The molecule has 0 spiro atoms. The minimum absolute atomic E-state index is 0.288. The Balaban J connectivity index is 0.000000178. The van der Waals surface area contributed by atoms with Crippen molar-refractivity contribution in [3.63, 3.8) is 0 Å². The number of hydrogen-bond acceptors (Lipinski definition) is 10. The molecule has 288 valence electrons. The van der Waals surface area contributed by atoms with Gasteiger partial charge in [-0.2, -0.15) is 5.26 Å². The first-order valence-corrected chi connectivity index (χ1v) is 18.7. The molecular weight excluding hydrogens is 754 g/mol. The lowest BCUT2D eigenvalue weighted by atomic mass is 10.1. The number of rotatable bonds is 11. The maximum absolute atomic E-state index is 14.4. The summed E-state index contributed by atoms with van der Waals surface area (Å²) in [6, 6.07) is 35.9. The molecule has 0 aliphatic rings. The lowest BCUT2D eigenvalue weighted by molar-refractivity contribution is 0.405. The Labute approximate surface area is 339 Å². The quantitative estimate of drug-likeness (QED) is 0.109. The Bertz CT molecular complexity index is 2760.